The number of rotatable bonds is 3. The van der Waals surface area contributed by atoms with E-state index in [0.717, 1.165) is 30.5 Å². The van der Waals surface area contributed by atoms with Crippen LogP contribution in [0.2, 0.25) is 0 Å². The number of anilines is 1. The van der Waals surface area contributed by atoms with E-state index in [2.05, 4.69) is 87.4 Å². The second kappa shape index (κ2) is 7.35. The summed E-state index contributed by atoms with van der Waals surface area (Å²) < 4.78 is 1.14. The van der Waals surface area contributed by atoms with Crippen molar-refractivity contribution in [2.24, 2.45) is 0 Å². The van der Waals surface area contributed by atoms with Crippen LogP contribution in [0, 0.1) is 0 Å². The highest BCUT2D eigenvalue weighted by molar-refractivity contribution is 9.10. The minimum absolute atomic E-state index is 0.484. The third kappa shape index (κ3) is 3.54. The van der Waals surface area contributed by atoms with Gasteiger partial charge in [0.2, 0.25) is 0 Å². The summed E-state index contributed by atoms with van der Waals surface area (Å²) in [6.45, 7) is 3.36. The van der Waals surface area contributed by atoms with Crippen LogP contribution in [-0.4, -0.2) is 31.6 Å². The van der Waals surface area contributed by atoms with E-state index in [-0.39, 0.29) is 0 Å². The van der Waals surface area contributed by atoms with Crippen LogP contribution in [-0.2, 0) is 0 Å². The molecule has 0 amide bonds. The smallest absolute Gasteiger partial charge is 0.0549 e. The molecule has 1 fully saturated rings. The summed E-state index contributed by atoms with van der Waals surface area (Å²) in [5.74, 6) is 0. The Morgan fingerprint density at radius 2 is 1.80 bits per heavy atom. The first kappa shape index (κ1) is 16.9. The topological polar surface area (TPSA) is 6.48 Å². The first-order chi connectivity index (χ1) is 12.2. The van der Waals surface area contributed by atoms with Crippen molar-refractivity contribution in [3.63, 3.8) is 0 Å². The molecule has 0 N–H and O–H groups in total. The SMILES string of the molecule is CN1CC=C(c2ccccc2C2CCCN2c2ccc(Br)cc2)CC1. The molecule has 2 aromatic carbocycles. The standard InChI is InChI=1S/C22H25BrN2/c1-24-15-12-17(13-16-24)20-5-2-3-6-21(20)22-7-4-14-25(22)19-10-8-18(23)9-11-19/h2-3,5-6,8-12,22H,4,7,13-16H2,1H3. The van der Waals surface area contributed by atoms with Crippen molar-refractivity contribution in [3.05, 3.63) is 70.2 Å². The molecule has 0 saturated carbocycles. The van der Waals surface area contributed by atoms with E-state index in [1.165, 1.54) is 35.2 Å². The number of nitrogens with zero attached hydrogens (tertiary/aromatic N) is 2. The largest absolute Gasteiger partial charge is 0.364 e. The van der Waals surface area contributed by atoms with E-state index < -0.39 is 0 Å². The van der Waals surface area contributed by atoms with Gasteiger partial charge in [-0.3, -0.25) is 0 Å². The van der Waals surface area contributed by atoms with Crippen LogP contribution in [0.3, 0.4) is 0 Å². The summed E-state index contributed by atoms with van der Waals surface area (Å²) in [5.41, 5.74) is 5.82. The van der Waals surface area contributed by atoms with E-state index in [1.54, 1.807) is 0 Å². The van der Waals surface area contributed by atoms with Crippen LogP contribution < -0.4 is 4.90 Å². The van der Waals surface area contributed by atoms with Gasteiger partial charge in [-0.05, 0) is 67.3 Å². The Hall–Kier alpha value is -1.58. The zero-order valence-corrected chi connectivity index (χ0v) is 16.4. The Morgan fingerprint density at radius 1 is 1.00 bits per heavy atom. The van der Waals surface area contributed by atoms with Gasteiger partial charge >= 0.3 is 0 Å². The average molecular weight is 397 g/mol. The maximum absolute atomic E-state index is 3.55. The molecule has 0 spiro atoms. The Labute approximate surface area is 159 Å². The van der Waals surface area contributed by atoms with Gasteiger partial charge in [-0.1, -0.05) is 46.3 Å². The molecular formula is C22H25BrN2. The number of benzene rings is 2. The van der Waals surface area contributed by atoms with Crippen molar-refractivity contribution in [2.75, 3.05) is 31.6 Å². The van der Waals surface area contributed by atoms with Gasteiger partial charge < -0.3 is 9.80 Å². The maximum atomic E-state index is 3.55. The Morgan fingerprint density at radius 3 is 2.56 bits per heavy atom. The minimum Gasteiger partial charge on any atom is -0.364 e. The maximum Gasteiger partial charge on any atom is 0.0549 e. The van der Waals surface area contributed by atoms with Gasteiger partial charge in [-0.2, -0.15) is 0 Å². The minimum atomic E-state index is 0.484. The van der Waals surface area contributed by atoms with E-state index >= 15 is 0 Å². The fourth-order valence-corrected chi connectivity index (χ4v) is 4.39. The van der Waals surface area contributed by atoms with E-state index in [4.69, 9.17) is 0 Å². The van der Waals surface area contributed by atoms with Crippen molar-refractivity contribution in [3.8, 4) is 0 Å². The van der Waals surface area contributed by atoms with E-state index in [9.17, 15) is 0 Å². The fraction of sp³-hybridized carbons (Fsp3) is 0.364. The summed E-state index contributed by atoms with van der Waals surface area (Å²) in [4.78, 5) is 4.97. The molecule has 1 unspecified atom stereocenters. The van der Waals surface area contributed by atoms with Crippen LogP contribution in [0.5, 0.6) is 0 Å². The van der Waals surface area contributed by atoms with Crippen molar-refractivity contribution in [1.82, 2.24) is 4.90 Å². The Bertz CT molecular complexity index is 766. The Balaban J connectivity index is 1.68. The van der Waals surface area contributed by atoms with Crippen molar-refractivity contribution >= 4 is 27.2 Å². The molecule has 4 rings (SSSR count). The van der Waals surface area contributed by atoms with Gasteiger partial charge in [0, 0.05) is 29.8 Å². The molecule has 2 aliphatic heterocycles. The average Bonchev–Trinajstić information content (AvgIpc) is 3.13. The van der Waals surface area contributed by atoms with E-state index in [1.807, 2.05) is 0 Å². The molecule has 2 nitrogen and oxygen atoms in total. The van der Waals surface area contributed by atoms with Crippen LogP contribution in [0.25, 0.3) is 5.57 Å². The lowest BCUT2D eigenvalue weighted by molar-refractivity contribution is 0.370. The molecule has 0 bridgehead atoms. The zero-order valence-electron chi connectivity index (χ0n) is 14.8. The molecule has 1 saturated heterocycles. The van der Waals surface area contributed by atoms with Crippen LogP contribution in [0.1, 0.15) is 36.4 Å². The number of hydrogen-bond donors (Lipinski definition) is 0. The second-order valence-corrected chi connectivity index (χ2v) is 8.07. The predicted octanol–water partition coefficient (Wildman–Crippen LogP) is 5.51. The van der Waals surface area contributed by atoms with Gasteiger partial charge in [0.1, 0.15) is 0 Å². The van der Waals surface area contributed by atoms with Gasteiger partial charge in [-0.15, -0.1) is 0 Å². The molecule has 0 aliphatic carbocycles. The zero-order chi connectivity index (χ0) is 17.2. The molecule has 2 heterocycles. The summed E-state index contributed by atoms with van der Waals surface area (Å²) in [6, 6.07) is 18.3. The molecule has 0 aromatic heterocycles. The monoisotopic (exact) mass is 396 g/mol. The highest BCUT2D eigenvalue weighted by Crippen LogP contribution is 2.40. The van der Waals surface area contributed by atoms with Crippen LogP contribution >= 0.6 is 15.9 Å². The van der Waals surface area contributed by atoms with Crippen LogP contribution in [0.4, 0.5) is 5.69 Å². The molecular weight excluding hydrogens is 372 g/mol. The number of halogens is 1. The summed E-state index contributed by atoms with van der Waals surface area (Å²) in [6.07, 6.45) is 6.07. The summed E-state index contributed by atoms with van der Waals surface area (Å²) >= 11 is 3.55. The highest BCUT2D eigenvalue weighted by Gasteiger charge is 2.28. The lowest BCUT2D eigenvalue weighted by Crippen LogP contribution is -2.25. The van der Waals surface area contributed by atoms with Gasteiger partial charge in [-0.25, -0.2) is 0 Å². The molecule has 25 heavy (non-hydrogen) atoms. The van der Waals surface area contributed by atoms with Crippen molar-refractivity contribution < 1.29 is 0 Å². The molecule has 2 aliphatic rings. The lowest BCUT2D eigenvalue weighted by Gasteiger charge is -2.30. The number of hydrogen-bond acceptors (Lipinski definition) is 2. The van der Waals surface area contributed by atoms with Crippen molar-refractivity contribution in [1.29, 1.82) is 0 Å². The first-order valence-electron chi connectivity index (χ1n) is 9.21. The normalized spacial score (nSPS) is 21.4. The van der Waals surface area contributed by atoms with Gasteiger partial charge in [0.05, 0.1) is 6.04 Å². The third-order valence-electron chi connectivity index (χ3n) is 5.49. The Kier molecular flexibility index (Phi) is 4.96. The molecule has 130 valence electrons. The molecule has 2 aromatic rings. The predicted molar refractivity (Wildman–Crippen MR) is 110 cm³/mol. The number of likely N-dealkylation sites (N-methyl/N-ethyl adjacent to an activating group) is 1. The van der Waals surface area contributed by atoms with Gasteiger partial charge in [0.15, 0.2) is 0 Å². The molecule has 1 atom stereocenters. The summed E-state index contributed by atoms with van der Waals surface area (Å²) in [7, 11) is 2.20. The summed E-state index contributed by atoms with van der Waals surface area (Å²) in [5, 5.41) is 0. The highest BCUT2D eigenvalue weighted by atomic mass is 79.9. The molecule has 0 radical (unpaired) electrons. The van der Waals surface area contributed by atoms with Crippen LogP contribution in [0.15, 0.2) is 59.1 Å². The quantitative estimate of drug-likeness (QED) is 0.674. The lowest BCUT2D eigenvalue weighted by atomic mass is 9.90. The first-order valence-corrected chi connectivity index (χ1v) is 10.0. The third-order valence-corrected chi connectivity index (χ3v) is 6.02. The second-order valence-electron chi connectivity index (χ2n) is 7.16. The van der Waals surface area contributed by atoms with E-state index in [0.29, 0.717) is 6.04 Å². The fourth-order valence-electron chi connectivity index (χ4n) is 4.13. The van der Waals surface area contributed by atoms with Gasteiger partial charge in [0.25, 0.3) is 0 Å². The van der Waals surface area contributed by atoms with Crippen molar-refractivity contribution in [2.45, 2.75) is 25.3 Å². The molecule has 3 heteroatoms.